The molecule has 3 rings (SSSR count). The minimum absolute atomic E-state index is 0.0918. The fourth-order valence-electron chi connectivity index (χ4n) is 3.33. The van der Waals surface area contributed by atoms with Crippen molar-refractivity contribution >= 4 is 10.8 Å². The van der Waals surface area contributed by atoms with E-state index in [2.05, 4.69) is 11.9 Å². The van der Waals surface area contributed by atoms with Gasteiger partial charge in [0.2, 0.25) is 0 Å². The van der Waals surface area contributed by atoms with E-state index in [1.807, 2.05) is 6.07 Å². The smallest absolute Gasteiger partial charge is 0.165 e. The Bertz CT molecular complexity index is 638. The minimum atomic E-state index is -0.312. The van der Waals surface area contributed by atoms with Crippen LogP contribution in [0.5, 0.6) is 5.75 Å². The van der Waals surface area contributed by atoms with Crippen molar-refractivity contribution in [2.24, 2.45) is 11.7 Å². The zero-order valence-corrected chi connectivity index (χ0v) is 13.0. The van der Waals surface area contributed by atoms with Crippen molar-refractivity contribution in [1.82, 2.24) is 4.98 Å². The number of aromatic nitrogens is 1. The highest BCUT2D eigenvalue weighted by Gasteiger charge is 2.26. The van der Waals surface area contributed by atoms with Gasteiger partial charge < -0.3 is 10.5 Å². The summed E-state index contributed by atoms with van der Waals surface area (Å²) in [6.45, 7) is 2.13. The molecule has 22 heavy (non-hydrogen) atoms. The number of fused-ring (bicyclic) bond motifs is 1. The zero-order chi connectivity index (χ0) is 15.5. The summed E-state index contributed by atoms with van der Waals surface area (Å²) in [7, 11) is 0. The molecule has 3 nitrogen and oxygen atoms in total. The van der Waals surface area contributed by atoms with Crippen molar-refractivity contribution in [3.8, 4) is 5.75 Å². The average molecular weight is 302 g/mol. The van der Waals surface area contributed by atoms with Gasteiger partial charge in [0.1, 0.15) is 0 Å². The molecule has 4 heteroatoms. The van der Waals surface area contributed by atoms with Gasteiger partial charge in [-0.25, -0.2) is 4.39 Å². The number of nitrogens with zero attached hydrogens (tertiary/aromatic N) is 1. The lowest BCUT2D eigenvalue weighted by molar-refractivity contribution is 0.118. The van der Waals surface area contributed by atoms with E-state index >= 15 is 0 Å². The Hall–Kier alpha value is -1.68. The van der Waals surface area contributed by atoms with Gasteiger partial charge in [-0.15, -0.1) is 0 Å². The maximum absolute atomic E-state index is 14.2. The second-order valence-corrected chi connectivity index (χ2v) is 6.23. The first kappa shape index (κ1) is 15.2. The van der Waals surface area contributed by atoms with E-state index in [-0.39, 0.29) is 18.0 Å². The third-order valence-electron chi connectivity index (χ3n) is 4.78. The Morgan fingerprint density at radius 2 is 2.05 bits per heavy atom. The van der Waals surface area contributed by atoms with E-state index < -0.39 is 0 Å². The van der Waals surface area contributed by atoms with Crippen LogP contribution >= 0.6 is 0 Å². The molecule has 1 aliphatic carbocycles. The molecule has 1 saturated carbocycles. The summed E-state index contributed by atoms with van der Waals surface area (Å²) in [4.78, 5) is 4.01. The Balaban J connectivity index is 1.68. The molecule has 1 heterocycles. The van der Waals surface area contributed by atoms with Crippen LogP contribution in [0.1, 0.15) is 39.0 Å². The molecule has 118 valence electrons. The lowest BCUT2D eigenvalue weighted by atomic mass is 9.82. The van der Waals surface area contributed by atoms with Crippen LogP contribution in [0.3, 0.4) is 0 Å². The predicted octanol–water partition coefficient (Wildman–Crippen LogP) is 4.05. The van der Waals surface area contributed by atoms with E-state index in [1.54, 1.807) is 18.5 Å². The van der Waals surface area contributed by atoms with Gasteiger partial charge in [-0.1, -0.05) is 6.92 Å². The summed E-state index contributed by atoms with van der Waals surface area (Å²) >= 11 is 0. The van der Waals surface area contributed by atoms with Gasteiger partial charge in [-0.2, -0.15) is 0 Å². The Morgan fingerprint density at radius 3 is 2.77 bits per heavy atom. The third-order valence-corrected chi connectivity index (χ3v) is 4.78. The first-order valence-electron chi connectivity index (χ1n) is 8.13. The summed E-state index contributed by atoms with van der Waals surface area (Å²) in [5, 5.41) is 1.75. The molecule has 1 fully saturated rings. The summed E-state index contributed by atoms with van der Waals surface area (Å²) in [5.41, 5.74) is 6.13. The van der Waals surface area contributed by atoms with Crippen molar-refractivity contribution in [2.45, 2.75) is 51.2 Å². The van der Waals surface area contributed by atoms with Crippen molar-refractivity contribution in [1.29, 1.82) is 0 Å². The van der Waals surface area contributed by atoms with Crippen LogP contribution in [-0.2, 0) is 0 Å². The van der Waals surface area contributed by atoms with E-state index in [0.717, 1.165) is 42.9 Å². The number of hydrogen-bond acceptors (Lipinski definition) is 3. The molecule has 0 bridgehead atoms. The maximum atomic E-state index is 14.2. The van der Waals surface area contributed by atoms with Crippen LogP contribution in [0.4, 0.5) is 4.39 Å². The van der Waals surface area contributed by atoms with Crippen LogP contribution in [0.15, 0.2) is 30.6 Å². The summed E-state index contributed by atoms with van der Waals surface area (Å²) in [5.74, 6) is 0.618. The van der Waals surface area contributed by atoms with Gasteiger partial charge in [0.25, 0.3) is 0 Å². The number of nitrogens with two attached hydrogens (primary N) is 1. The first-order chi connectivity index (χ1) is 10.7. The van der Waals surface area contributed by atoms with Crippen LogP contribution in [0, 0.1) is 11.7 Å². The molecule has 1 aliphatic rings. The molecule has 0 amide bonds. The predicted molar refractivity (Wildman–Crippen MR) is 86.3 cm³/mol. The standard InChI is InChI=1S/C18H23FN2O/c1-2-17(20)12-3-5-15(6-4-12)22-18-10-13-7-8-21-11-14(13)9-16(18)19/h7-12,15,17H,2-6,20H2,1H3. The number of benzene rings is 1. The number of rotatable bonds is 4. The fourth-order valence-corrected chi connectivity index (χ4v) is 3.33. The lowest BCUT2D eigenvalue weighted by Gasteiger charge is -2.32. The second-order valence-electron chi connectivity index (χ2n) is 6.23. The van der Waals surface area contributed by atoms with Gasteiger partial charge in [0.15, 0.2) is 11.6 Å². The Kier molecular flexibility index (Phi) is 4.57. The largest absolute Gasteiger partial charge is 0.487 e. The van der Waals surface area contributed by atoms with Crippen molar-refractivity contribution in [3.63, 3.8) is 0 Å². The monoisotopic (exact) mass is 302 g/mol. The molecule has 1 aromatic heterocycles. The third kappa shape index (κ3) is 3.22. The van der Waals surface area contributed by atoms with Gasteiger partial charge in [0.05, 0.1) is 6.10 Å². The van der Waals surface area contributed by atoms with E-state index in [1.165, 1.54) is 6.07 Å². The molecular weight excluding hydrogens is 279 g/mol. The Labute approximate surface area is 130 Å². The van der Waals surface area contributed by atoms with Crippen LogP contribution in [0.25, 0.3) is 10.8 Å². The summed E-state index contributed by atoms with van der Waals surface area (Å²) in [6, 6.07) is 5.43. The SMILES string of the molecule is CCC(N)C1CCC(Oc2cc3ccncc3cc2F)CC1. The topological polar surface area (TPSA) is 48.1 Å². The highest BCUT2D eigenvalue weighted by molar-refractivity contribution is 5.83. The first-order valence-corrected chi connectivity index (χ1v) is 8.13. The molecule has 0 spiro atoms. The minimum Gasteiger partial charge on any atom is -0.487 e. The van der Waals surface area contributed by atoms with Gasteiger partial charge >= 0.3 is 0 Å². The van der Waals surface area contributed by atoms with Crippen LogP contribution in [-0.4, -0.2) is 17.1 Å². The van der Waals surface area contributed by atoms with E-state index in [9.17, 15) is 4.39 Å². The average Bonchev–Trinajstić information content (AvgIpc) is 2.55. The molecule has 1 unspecified atom stereocenters. The van der Waals surface area contributed by atoms with Crippen LogP contribution in [0.2, 0.25) is 0 Å². The molecule has 0 radical (unpaired) electrons. The van der Waals surface area contributed by atoms with Crippen molar-refractivity contribution in [2.75, 3.05) is 0 Å². The van der Waals surface area contributed by atoms with Crippen molar-refractivity contribution in [3.05, 3.63) is 36.4 Å². The molecular formula is C18H23FN2O. The number of ether oxygens (including phenoxy) is 1. The highest BCUT2D eigenvalue weighted by Crippen LogP contribution is 2.32. The molecule has 0 saturated heterocycles. The summed E-state index contributed by atoms with van der Waals surface area (Å²) in [6.07, 6.45) is 8.52. The maximum Gasteiger partial charge on any atom is 0.165 e. The molecule has 0 aliphatic heterocycles. The van der Waals surface area contributed by atoms with E-state index in [0.29, 0.717) is 11.7 Å². The lowest BCUT2D eigenvalue weighted by Crippen LogP contribution is -2.35. The molecule has 2 aromatic rings. The number of hydrogen-bond donors (Lipinski definition) is 1. The number of pyridine rings is 1. The van der Waals surface area contributed by atoms with E-state index in [4.69, 9.17) is 10.5 Å². The molecule has 2 N–H and O–H groups in total. The van der Waals surface area contributed by atoms with Crippen LogP contribution < -0.4 is 10.5 Å². The highest BCUT2D eigenvalue weighted by atomic mass is 19.1. The normalized spacial score (nSPS) is 23.4. The Morgan fingerprint density at radius 1 is 1.27 bits per heavy atom. The summed E-state index contributed by atoms with van der Waals surface area (Å²) < 4.78 is 20.1. The zero-order valence-electron chi connectivity index (χ0n) is 13.0. The van der Waals surface area contributed by atoms with Gasteiger partial charge in [-0.05, 0) is 61.6 Å². The number of halogens is 1. The fraction of sp³-hybridized carbons (Fsp3) is 0.500. The van der Waals surface area contributed by atoms with Crippen molar-refractivity contribution < 1.29 is 9.13 Å². The molecule has 1 atom stereocenters. The van der Waals surface area contributed by atoms with Gasteiger partial charge in [-0.3, -0.25) is 4.98 Å². The second kappa shape index (κ2) is 6.61. The molecule has 1 aromatic carbocycles. The quantitative estimate of drug-likeness (QED) is 0.927. The van der Waals surface area contributed by atoms with Gasteiger partial charge in [0, 0.05) is 23.8 Å².